The Hall–Kier alpha value is -1.11. The van der Waals surface area contributed by atoms with E-state index in [1.807, 2.05) is 24.3 Å². The highest BCUT2D eigenvalue weighted by atomic mass is 32.2. The molecule has 1 heterocycles. The second kappa shape index (κ2) is 7.06. The summed E-state index contributed by atoms with van der Waals surface area (Å²) in [6.45, 7) is 2.16. The first-order chi connectivity index (χ1) is 9.59. The fourth-order valence-electron chi connectivity index (χ4n) is 2.35. The average molecular weight is 298 g/mol. The van der Waals surface area contributed by atoms with Crippen molar-refractivity contribution in [3.05, 3.63) is 29.8 Å². The zero-order valence-electron chi connectivity index (χ0n) is 11.8. The molecule has 0 aliphatic carbocycles. The van der Waals surface area contributed by atoms with Crippen molar-refractivity contribution in [2.75, 3.05) is 26.0 Å². The standard InChI is InChI=1S/C14H22N2O3S/c1-19-14-4-2-12(3-5-14)10-16-20(17,18)11-13-6-8-15-9-7-13/h2-5,13,15-16H,6-11H2,1H3. The quantitative estimate of drug-likeness (QED) is 0.826. The Bertz CT molecular complexity index is 508. The second-order valence-electron chi connectivity index (χ2n) is 5.14. The van der Waals surface area contributed by atoms with E-state index in [0.717, 1.165) is 37.2 Å². The van der Waals surface area contributed by atoms with Gasteiger partial charge in [0, 0.05) is 6.54 Å². The molecular weight excluding hydrogens is 276 g/mol. The van der Waals surface area contributed by atoms with Crippen LogP contribution in [-0.4, -0.2) is 34.4 Å². The Morgan fingerprint density at radius 3 is 2.50 bits per heavy atom. The predicted molar refractivity (Wildman–Crippen MR) is 79.2 cm³/mol. The average Bonchev–Trinajstić information content (AvgIpc) is 2.46. The molecule has 1 aromatic rings. The fourth-order valence-corrected chi connectivity index (χ4v) is 3.81. The summed E-state index contributed by atoms with van der Waals surface area (Å²) in [7, 11) is -1.60. The van der Waals surface area contributed by atoms with E-state index in [2.05, 4.69) is 10.0 Å². The number of methoxy groups -OCH3 is 1. The SMILES string of the molecule is COc1ccc(CNS(=O)(=O)CC2CCNCC2)cc1. The molecule has 0 atom stereocenters. The molecule has 1 aromatic carbocycles. The second-order valence-corrected chi connectivity index (χ2v) is 7.00. The molecular formula is C14H22N2O3S. The van der Waals surface area contributed by atoms with Crippen molar-refractivity contribution >= 4 is 10.0 Å². The van der Waals surface area contributed by atoms with Gasteiger partial charge in [-0.1, -0.05) is 12.1 Å². The summed E-state index contributed by atoms with van der Waals surface area (Å²) in [5, 5.41) is 3.24. The maximum absolute atomic E-state index is 12.0. The van der Waals surface area contributed by atoms with Gasteiger partial charge in [-0.3, -0.25) is 0 Å². The molecule has 112 valence electrons. The van der Waals surface area contributed by atoms with Crippen LogP contribution in [0.3, 0.4) is 0 Å². The molecule has 1 saturated heterocycles. The van der Waals surface area contributed by atoms with Crippen LogP contribution in [0.15, 0.2) is 24.3 Å². The molecule has 6 heteroatoms. The third-order valence-electron chi connectivity index (χ3n) is 3.57. The van der Waals surface area contributed by atoms with Crippen LogP contribution in [0, 0.1) is 5.92 Å². The lowest BCUT2D eigenvalue weighted by atomic mass is 10.0. The van der Waals surface area contributed by atoms with Crippen molar-refractivity contribution in [1.29, 1.82) is 0 Å². The van der Waals surface area contributed by atoms with Crippen LogP contribution in [0.25, 0.3) is 0 Å². The Morgan fingerprint density at radius 1 is 1.25 bits per heavy atom. The van der Waals surface area contributed by atoms with Gasteiger partial charge < -0.3 is 10.1 Å². The minimum absolute atomic E-state index is 0.227. The van der Waals surface area contributed by atoms with Gasteiger partial charge in [0.05, 0.1) is 12.9 Å². The lowest BCUT2D eigenvalue weighted by molar-refractivity contribution is 0.400. The minimum Gasteiger partial charge on any atom is -0.497 e. The van der Waals surface area contributed by atoms with E-state index in [-0.39, 0.29) is 11.7 Å². The molecule has 1 fully saturated rings. The van der Waals surface area contributed by atoms with E-state index in [1.165, 1.54) is 0 Å². The topological polar surface area (TPSA) is 67.4 Å². The minimum atomic E-state index is -3.20. The number of benzene rings is 1. The first kappa shape index (κ1) is 15.3. The number of rotatable bonds is 6. The number of sulfonamides is 1. The number of piperidine rings is 1. The van der Waals surface area contributed by atoms with Gasteiger partial charge in [-0.25, -0.2) is 13.1 Å². The van der Waals surface area contributed by atoms with Gasteiger partial charge in [0.25, 0.3) is 0 Å². The summed E-state index contributed by atoms with van der Waals surface area (Å²) in [6, 6.07) is 7.39. The molecule has 2 N–H and O–H groups in total. The lowest BCUT2D eigenvalue weighted by Gasteiger charge is -2.22. The summed E-state index contributed by atoms with van der Waals surface area (Å²) in [6.07, 6.45) is 1.87. The van der Waals surface area contributed by atoms with E-state index < -0.39 is 10.0 Å². The third kappa shape index (κ3) is 4.77. The predicted octanol–water partition coefficient (Wildman–Crippen LogP) is 1.11. The molecule has 1 aliphatic rings. The summed E-state index contributed by atoms with van der Waals surface area (Å²) in [4.78, 5) is 0. The number of ether oxygens (including phenoxy) is 1. The molecule has 0 bridgehead atoms. The van der Waals surface area contributed by atoms with Crippen LogP contribution in [-0.2, 0) is 16.6 Å². The highest BCUT2D eigenvalue weighted by molar-refractivity contribution is 7.89. The Balaban J connectivity index is 1.84. The van der Waals surface area contributed by atoms with E-state index >= 15 is 0 Å². The molecule has 1 aliphatic heterocycles. The van der Waals surface area contributed by atoms with Crippen LogP contribution >= 0.6 is 0 Å². The van der Waals surface area contributed by atoms with Crippen molar-refractivity contribution < 1.29 is 13.2 Å². The van der Waals surface area contributed by atoms with Gasteiger partial charge in [0.2, 0.25) is 10.0 Å². The van der Waals surface area contributed by atoms with Gasteiger partial charge in [-0.05, 0) is 49.5 Å². The summed E-state index contributed by atoms with van der Waals surface area (Å²) in [5.74, 6) is 1.26. The van der Waals surface area contributed by atoms with Gasteiger partial charge in [0.1, 0.15) is 5.75 Å². The zero-order valence-corrected chi connectivity index (χ0v) is 12.6. The molecule has 0 amide bonds. The number of hydrogen-bond acceptors (Lipinski definition) is 4. The first-order valence-electron chi connectivity index (χ1n) is 6.90. The van der Waals surface area contributed by atoms with Crippen LogP contribution in [0.4, 0.5) is 0 Å². The van der Waals surface area contributed by atoms with Crippen LogP contribution in [0.2, 0.25) is 0 Å². The largest absolute Gasteiger partial charge is 0.497 e. The van der Waals surface area contributed by atoms with Crippen molar-refractivity contribution in [3.63, 3.8) is 0 Å². The van der Waals surface area contributed by atoms with Crippen LogP contribution in [0.1, 0.15) is 18.4 Å². The van der Waals surface area contributed by atoms with Crippen molar-refractivity contribution in [2.24, 2.45) is 5.92 Å². The molecule has 5 nitrogen and oxygen atoms in total. The van der Waals surface area contributed by atoms with Crippen molar-refractivity contribution in [3.8, 4) is 5.75 Å². The zero-order chi connectivity index (χ0) is 14.4. The fraction of sp³-hybridized carbons (Fsp3) is 0.571. The van der Waals surface area contributed by atoms with Gasteiger partial charge in [-0.2, -0.15) is 0 Å². The molecule has 0 saturated carbocycles. The molecule has 0 radical (unpaired) electrons. The summed E-state index contributed by atoms with van der Waals surface area (Å²) in [5.41, 5.74) is 0.930. The number of nitrogens with one attached hydrogen (secondary N) is 2. The Morgan fingerprint density at radius 2 is 1.90 bits per heavy atom. The molecule has 2 rings (SSSR count). The van der Waals surface area contributed by atoms with Crippen LogP contribution < -0.4 is 14.8 Å². The van der Waals surface area contributed by atoms with Crippen molar-refractivity contribution in [2.45, 2.75) is 19.4 Å². The van der Waals surface area contributed by atoms with Gasteiger partial charge >= 0.3 is 0 Å². The van der Waals surface area contributed by atoms with E-state index in [0.29, 0.717) is 6.54 Å². The van der Waals surface area contributed by atoms with Crippen molar-refractivity contribution in [1.82, 2.24) is 10.0 Å². The monoisotopic (exact) mass is 298 g/mol. The Labute approximate surface area is 120 Å². The van der Waals surface area contributed by atoms with Gasteiger partial charge in [-0.15, -0.1) is 0 Å². The first-order valence-corrected chi connectivity index (χ1v) is 8.55. The van der Waals surface area contributed by atoms with E-state index in [9.17, 15) is 8.42 Å². The highest BCUT2D eigenvalue weighted by Gasteiger charge is 2.20. The summed E-state index contributed by atoms with van der Waals surface area (Å²) >= 11 is 0. The normalized spacial score (nSPS) is 17.1. The molecule has 0 aromatic heterocycles. The smallest absolute Gasteiger partial charge is 0.212 e. The highest BCUT2D eigenvalue weighted by Crippen LogP contribution is 2.14. The molecule has 0 spiro atoms. The van der Waals surface area contributed by atoms with E-state index in [4.69, 9.17) is 4.74 Å². The van der Waals surface area contributed by atoms with Gasteiger partial charge in [0.15, 0.2) is 0 Å². The Kier molecular flexibility index (Phi) is 5.39. The molecule has 20 heavy (non-hydrogen) atoms. The maximum Gasteiger partial charge on any atom is 0.212 e. The van der Waals surface area contributed by atoms with Crippen LogP contribution in [0.5, 0.6) is 5.75 Å². The lowest BCUT2D eigenvalue weighted by Crippen LogP contribution is -2.35. The molecule has 0 unspecified atom stereocenters. The van der Waals surface area contributed by atoms with E-state index in [1.54, 1.807) is 7.11 Å². The third-order valence-corrected chi connectivity index (χ3v) is 5.06. The summed E-state index contributed by atoms with van der Waals surface area (Å²) < 4.78 is 31.8. The maximum atomic E-state index is 12.0. The number of hydrogen-bond donors (Lipinski definition) is 2.